The van der Waals surface area contributed by atoms with Crippen molar-refractivity contribution in [1.29, 1.82) is 0 Å². The Labute approximate surface area is 177 Å². The number of aromatic nitrogens is 3. The van der Waals surface area contributed by atoms with Crippen LogP contribution in [0.25, 0.3) is 11.6 Å². The minimum atomic E-state index is -0.702. The van der Waals surface area contributed by atoms with Gasteiger partial charge in [-0.2, -0.15) is 5.10 Å². The van der Waals surface area contributed by atoms with E-state index >= 15 is 0 Å². The highest BCUT2D eigenvalue weighted by atomic mass is 19.1. The third-order valence-electron chi connectivity index (χ3n) is 5.07. The summed E-state index contributed by atoms with van der Waals surface area (Å²) in [4.78, 5) is 18.6. The zero-order chi connectivity index (χ0) is 22.0. The molecule has 1 N–H and O–H groups in total. The van der Waals surface area contributed by atoms with Crippen molar-refractivity contribution in [3.63, 3.8) is 0 Å². The monoisotopic (exact) mass is 431 g/mol. The molecule has 3 heterocycles. The average Bonchev–Trinajstić information content (AvgIpc) is 3.34. The van der Waals surface area contributed by atoms with E-state index in [-0.39, 0.29) is 12.2 Å². The summed E-state index contributed by atoms with van der Waals surface area (Å²) in [6.07, 6.45) is 2.16. The van der Waals surface area contributed by atoms with Crippen LogP contribution in [0.2, 0.25) is 0 Å². The molecular formula is C21H23F2N5O3. The number of ether oxygens (including phenoxy) is 1. The largest absolute Gasteiger partial charge is 0.440 e. The first-order valence-electron chi connectivity index (χ1n) is 10.1. The van der Waals surface area contributed by atoms with Crippen LogP contribution in [0.3, 0.4) is 0 Å². The lowest BCUT2D eigenvalue weighted by Gasteiger charge is -2.28. The molecule has 0 saturated carbocycles. The van der Waals surface area contributed by atoms with Gasteiger partial charge in [-0.15, -0.1) is 0 Å². The van der Waals surface area contributed by atoms with Crippen molar-refractivity contribution >= 4 is 11.7 Å². The van der Waals surface area contributed by atoms with Crippen LogP contribution in [0.4, 0.5) is 19.3 Å². The highest BCUT2D eigenvalue weighted by molar-refractivity contribution is 5.89. The van der Waals surface area contributed by atoms with E-state index in [0.717, 1.165) is 29.5 Å². The second kappa shape index (κ2) is 8.84. The number of hydrogen-bond acceptors (Lipinski definition) is 5. The molecule has 0 fully saturated rings. The molecular weight excluding hydrogens is 408 g/mol. The van der Waals surface area contributed by atoms with E-state index in [9.17, 15) is 13.6 Å². The summed E-state index contributed by atoms with van der Waals surface area (Å²) in [5, 5.41) is 7.11. The highest BCUT2D eigenvalue weighted by Gasteiger charge is 2.30. The molecule has 3 aromatic rings. The number of nitrogens with zero attached hydrogens (tertiary/aromatic N) is 4. The molecule has 8 nitrogen and oxygen atoms in total. The summed E-state index contributed by atoms with van der Waals surface area (Å²) in [5.74, 6) is -0.302. The van der Waals surface area contributed by atoms with Gasteiger partial charge in [0, 0.05) is 36.9 Å². The fourth-order valence-corrected chi connectivity index (χ4v) is 3.57. The fourth-order valence-electron chi connectivity index (χ4n) is 3.57. The number of aryl methyl sites for hydroxylation is 1. The molecule has 10 heteroatoms. The van der Waals surface area contributed by atoms with Gasteiger partial charge in [0.15, 0.2) is 5.69 Å². The van der Waals surface area contributed by atoms with E-state index < -0.39 is 17.7 Å². The SMILES string of the molecule is CCOCCn1nc(-c2ncc(C)o2)c2c1CCN(C(=O)Nc1cc(F)ccc1F)C2. The Hall–Kier alpha value is -3.27. The van der Waals surface area contributed by atoms with Crippen molar-refractivity contribution in [3.05, 3.63) is 53.0 Å². The Morgan fingerprint density at radius 3 is 2.94 bits per heavy atom. The molecule has 0 unspecified atom stereocenters. The third kappa shape index (κ3) is 4.43. The van der Waals surface area contributed by atoms with Crippen LogP contribution in [-0.4, -0.2) is 45.5 Å². The minimum absolute atomic E-state index is 0.202. The van der Waals surface area contributed by atoms with Gasteiger partial charge in [-0.1, -0.05) is 0 Å². The number of carbonyl (C=O) groups is 1. The standard InChI is InChI=1S/C21H23F2N5O3/c1-3-30-9-8-28-18-6-7-27(21(29)25-17-10-14(22)4-5-16(17)23)12-15(18)19(26-28)20-24-11-13(2)31-20/h4-5,10-11H,3,6-9,12H2,1-2H3,(H,25,29). The van der Waals surface area contributed by atoms with Crippen molar-refractivity contribution in [2.45, 2.75) is 33.4 Å². The number of anilines is 1. The summed E-state index contributed by atoms with van der Waals surface area (Å²) in [5.41, 5.74) is 2.16. The summed E-state index contributed by atoms with van der Waals surface area (Å²) >= 11 is 0. The number of urea groups is 1. The smallest absolute Gasteiger partial charge is 0.322 e. The van der Waals surface area contributed by atoms with Crippen LogP contribution in [0, 0.1) is 18.6 Å². The van der Waals surface area contributed by atoms with Crippen LogP contribution in [-0.2, 0) is 24.2 Å². The van der Waals surface area contributed by atoms with Crippen LogP contribution in [0.1, 0.15) is 23.9 Å². The maximum Gasteiger partial charge on any atom is 0.322 e. The maximum absolute atomic E-state index is 13.9. The molecule has 31 heavy (non-hydrogen) atoms. The second-order valence-corrected chi connectivity index (χ2v) is 7.20. The van der Waals surface area contributed by atoms with E-state index in [0.29, 0.717) is 50.1 Å². The number of amides is 2. The normalized spacial score (nSPS) is 13.4. The Balaban J connectivity index is 1.59. The number of benzene rings is 1. The lowest BCUT2D eigenvalue weighted by molar-refractivity contribution is 0.135. The van der Waals surface area contributed by atoms with Crippen LogP contribution < -0.4 is 5.32 Å². The molecule has 0 atom stereocenters. The quantitative estimate of drug-likeness (QED) is 0.601. The lowest BCUT2D eigenvalue weighted by atomic mass is 10.1. The topological polar surface area (TPSA) is 85.4 Å². The van der Waals surface area contributed by atoms with E-state index in [1.807, 2.05) is 11.6 Å². The molecule has 0 saturated heterocycles. The number of rotatable bonds is 6. The van der Waals surface area contributed by atoms with E-state index in [2.05, 4.69) is 15.4 Å². The van der Waals surface area contributed by atoms with Crippen molar-refractivity contribution in [2.75, 3.05) is 25.1 Å². The summed E-state index contributed by atoms with van der Waals surface area (Å²) in [6.45, 7) is 6.05. The van der Waals surface area contributed by atoms with Gasteiger partial charge >= 0.3 is 6.03 Å². The van der Waals surface area contributed by atoms with Gasteiger partial charge < -0.3 is 19.4 Å². The molecule has 2 amide bonds. The Bertz CT molecular complexity index is 1090. The molecule has 2 aromatic heterocycles. The van der Waals surface area contributed by atoms with Crippen LogP contribution in [0.15, 0.2) is 28.8 Å². The number of hydrogen-bond donors (Lipinski definition) is 1. The van der Waals surface area contributed by atoms with Crippen molar-refractivity contribution < 1.29 is 22.7 Å². The first kappa shape index (κ1) is 21.0. The fraction of sp³-hybridized carbons (Fsp3) is 0.381. The zero-order valence-electron chi connectivity index (χ0n) is 17.3. The van der Waals surface area contributed by atoms with Gasteiger partial charge in [0.25, 0.3) is 0 Å². The number of carbonyl (C=O) groups excluding carboxylic acids is 1. The van der Waals surface area contributed by atoms with Crippen LogP contribution in [0.5, 0.6) is 0 Å². The van der Waals surface area contributed by atoms with Gasteiger partial charge in [0.2, 0.25) is 5.89 Å². The van der Waals surface area contributed by atoms with Crippen molar-refractivity contribution in [3.8, 4) is 11.6 Å². The molecule has 0 bridgehead atoms. The van der Waals surface area contributed by atoms with E-state index in [1.165, 1.54) is 4.90 Å². The number of nitrogens with one attached hydrogen (secondary N) is 1. The average molecular weight is 431 g/mol. The summed E-state index contributed by atoms with van der Waals surface area (Å²) in [7, 11) is 0. The predicted octanol–water partition coefficient (Wildman–Crippen LogP) is 3.75. The van der Waals surface area contributed by atoms with Crippen molar-refractivity contribution in [2.24, 2.45) is 0 Å². The molecule has 4 rings (SSSR count). The zero-order valence-corrected chi connectivity index (χ0v) is 17.3. The molecule has 164 valence electrons. The van der Waals surface area contributed by atoms with Crippen molar-refractivity contribution in [1.82, 2.24) is 19.7 Å². The van der Waals surface area contributed by atoms with Crippen LogP contribution >= 0.6 is 0 Å². The molecule has 1 aromatic carbocycles. The molecule has 0 spiro atoms. The molecule has 0 radical (unpaired) electrons. The number of fused-ring (bicyclic) bond motifs is 1. The van der Waals surface area contributed by atoms with Gasteiger partial charge in [-0.3, -0.25) is 4.68 Å². The molecule has 0 aliphatic carbocycles. The summed E-state index contributed by atoms with van der Waals surface area (Å²) in [6, 6.07) is 2.41. The van der Waals surface area contributed by atoms with Gasteiger partial charge in [0.05, 0.1) is 31.6 Å². The molecule has 1 aliphatic rings. The third-order valence-corrected chi connectivity index (χ3v) is 5.07. The lowest BCUT2D eigenvalue weighted by Crippen LogP contribution is -2.39. The highest BCUT2D eigenvalue weighted by Crippen LogP contribution is 2.30. The minimum Gasteiger partial charge on any atom is -0.440 e. The predicted molar refractivity (Wildman–Crippen MR) is 108 cm³/mol. The number of halogens is 2. The Morgan fingerprint density at radius 2 is 2.19 bits per heavy atom. The second-order valence-electron chi connectivity index (χ2n) is 7.20. The van der Waals surface area contributed by atoms with Gasteiger partial charge in [-0.05, 0) is 26.0 Å². The first-order chi connectivity index (χ1) is 15.0. The first-order valence-corrected chi connectivity index (χ1v) is 10.1. The van der Waals surface area contributed by atoms with E-state index in [1.54, 1.807) is 13.1 Å². The van der Waals surface area contributed by atoms with E-state index in [4.69, 9.17) is 9.15 Å². The van der Waals surface area contributed by atoms with Gasteiger partial charge in [0.1, 0.15) is 17.4 Å². The van der Waals surface area contributed by atoms with Gasteiger partial charge in [-0.25, -0.2) is 18.6 Å². The summed E-state index contributed by atoms with van der Waals surface area (Å²) < 4.78 is 40.4. The Morgan fingerprint density at radius 1 is 1.35 bits per heavy atom. The number of oxazole rings is 1. The molecule has 1 aliphatic heterocycles. The maximum atomic E-state index is 13.9. The Kier molecular flexibility index (Phi) is 5.99.